The number of nitrogens with one attached hydrogen (secondary N) is 2. The fourth-order valence-corrected chi connectivity index (χ4v) is 8.07. The molecule has 0 aromatic heterocycles. The van der Waals surface area contributed by atoms with Crippen LogP contribution >= 0.6 is 0 Å². The number of aliphatic hydroxyl groups is 1. The van der Waals surface area contributed by atoms with E-state index in [0.717, 1.165) is 24.9 Å². The number of amides is 2. The molecule has 2 amide bonds. The van der Waals surface area contributed by atoms with Gasteiger partial charge < -0.3 is 34.9 Å². The smallest absolute Gasteiger partial charge is 0.407 e. The maximum absolute atomic E-state index is 14.3. The van der Waals surface area contributed by atoms with Gasteiger partial charge in [-0.15, -0.1) is 0 Å². The number of hydrogen-bond donors (Lipinski definition) is 3. The van der Waals surface area contributed by atoms with Crippen LogP contribution < -0.4 is 10.6 Å². The van der Waals surface area contributed by atoms with E-state index in [1.807, 2.05) is 56.0 Å². The lowest BCUT2D eigenvalue weighted by molar-refractivity contribution is -0.110. The molecule has 48 heavy (non-hydrogen) atoms. The number of benzene rings is 2. The van der Waals surface area contributed by atoms with E-state index in [-0.39, 0.29) is 55.0 Å². The molecule has 0 unspecified atom stereocenters. The third-order valence-corrected chi connectivity index (χ3v) is 10.7. The molecule has 2 aromatic carbocycles. The number of anilines is 1. The average molecular weight is 685 g/mol. The maximum atomic E-state index is 14.3. The summed E-state index contributed by atoms with van der Waals surface area (Å²) in [5.74, 6) is -0.406. The van der Waals surface area contributed by atoms with Crippen molar-refractivity contribution >= 4 is 33.3 Å². The van der Waals surface area contributed by atoms with Gasteiger partial charge in [-0.05, 0) is 55.9 Å². The number of sulfonamides is 1. The molecule has 12 nitrogen and oxygen atoms in total. The lowest BCUT2D eigenvalue weighted by Crippen LogP contribution is -2.51. The van der Waals surface area contributed by atoms with Gasteiger partial charge in [-0.3, -0.25) is 4.79 Å². The Bertz CT molecular complexity index is 1570. The SMILES string of the molecule is CCCN(/C=C1\C(=O)Nc2ccc(S(=O)(=O)N(CC(C)C)C[C@@H](O)[C@H](Cc3ccccc3)NC(=O)O[C@H]3CO[C@H]4OCC[C@H]43)cc21)CC. The zero-order valence-corrected chi connectivity index (χ0v) is 28.9. The molecule has 2 aromatic rings. The Hall–Kier alpha value is -3.49. The first kappa shape index (κ1) is 35.8. The summed E-state index contributed by atoms with van der Waals surface area (Å²) in [6, 6.07) is 13.1. The molecule has 0 radical (unpaired) electrons. The number of ether oxygens (including phenoxy) is 3. The molecule has 5 rings (SSSR count). The minimum Gasteiger partial charge on any atom is -0.443 e. The molecular weight excluding hydrogens is 636 g/mol. The highest BCUT2D eigenvalue weighted by atomic mass is 32.2. The molecule has 262 valence electrons. The molecule has 0 bridgehead atoms. The average Bonchev–Trinajstić information content (AvgIpc) is 3.76. The van der Waals surface area contributed by atoms with Crippen molar-refractivity contribution in [3.05, 3.63) is 65.9 Å². The number of hydrogen-bond acceptors (Lipinski definition) is 9. The highest BCUT2D eigenvalue weighted by Gasteiger charge is 2.44. The Kier molecular flexibility index (Phi) is 11.8. The van der Waals surface area contributed by atoms with Crippen LogP contribution in [0.1, 0.15) is 51.7 Å². The normalized spacial score (nSPS) is 22.4. The van der Waals surface area contributed by atoms with Crippen LogP contribution in [-0.2, 0) is 35.4 Å². The molecule has 0 saturated carbocycles. The van der Waals surface area contributed by atoms with E-state index in [4.69, 9.17) is 14.2 Å². The molecule has 3 heterocycles. The largest absolute Gasteiger partial charge is 0.443 e. The van der Waals surface area contributed by atoms with E-state index in [9.17, 15) is 23.1 Å². The van der Waals surface area contributed by atoms with Gasteiger partial charge in [0.15, 0.2) is 6.29 Å². The standard InChI is InChI=1S/C35H48N4O8S/c1-5-15-38(6-2)20-28-27-18-25(12-13-29(27)36-33(28)41)48(43,44)39(19-23(3)4)21-31(40)30(17-24-10-8-7-9-11-24)37-35(42)47-32-22-46-34-26(32)14-16-45-34/h7-13,18,20,23,26,30-32,34,40H,5-6,14-17,19,21-22H2,1-4H3,(H,36,41)(H,37,42)/b28-20-/t26-,30-,31+,32-,34+/m0/s1. The molecule has 0 aliphatic carbocycles. The van der Waals surface area contributed by atoms with E-state index in [1.54, 1.807) is 12.3 Å². The molecule has 3 aliphatic rings. The van der Waals surface area contributed by atoms with Gasteiger partial charge in [-0.2, -0.15) is 4.31 Å². The highest BCUT2D eigenvalue weighted by molar-refractivity contribution is 7.89. The number of carbonyl (C=O) groups excluding carboxylic acids is 2. The Labute approximate surface area is 283 Å². The van der Waals surface area contributed by atoms with Crippen LogP contribution in [0.15, 0.2) is 59.6 Å². The van der Waals surface area contributed by atoms with Crippen molar-refractivity contribution in [3.8, 4) is 0 Å². The van der Waals surface area contributed by atoms with Crippen LogP contribution in [-0.4, -0.2) is 98.7 Å². The molecule has 2 saturated heterocycles. The van der Waals surface area contributed by atoms with Crippen molar-refractivity contribution in [2.24, 2.45) is 11.8 Å². The summed E-state index contributed by atoms with van der Waals surface area (Å²) in [7, 11) is -4.14. The van der Waals surface area contributed by atoms with E-state index >= 15 is 0 Å². The summed E-state index contributed by atoms with van der Waals surface area (Å²) >= 11 is 0. The highest BCUT2D eigenvalue weighted by Crippen LogP contribution is 2.35. The number of carbonyl (C=O) groups is 2. The van der Waals surface area contributed by atoms with Gasteiger partial charge >= 0.3 is 6.09 Å². The quantitative estimate of drug-likeness (QED) is 0.238. The first-order chi connectivity index (χ1) is 23.0. The molecular formula is C35H48N4O8S. The zero-order chi connectivity index (χ0) is 34.4. The summed E-state index contributed by atoms with van der Waals surface area (Å²) < 4.78 is 46.6. The number of fused-ring (bicyclic) bond motifs is 2. The lowest BCUT2D eigenvalue weighted by Gasteiger charge is -2.31. The number of aliphatic hydroxyl groups excluding tert-OH is 1. The van der Waals surface area contributed by atoms with Crippen molar-refractivity contribution in [2.45, 2.75) is 76.4 Å². The zero-order valence-electron chi connectivity index (χ0n) is 28.1. The monoisotopic (exact) mass is 684 g/mol. The van der Waals surface area contributed by atoms with Gasteiger partial charge in [-0.25, -0.2) is 13.2 Å². The van der Waals surface area contributed by atoms with Crippen LogP contribution in [0.25, 0.3) is 5.57 Å². The first-order valence-electron chi connectivity index (χ1n) is 16.8. The van der Waals surface area contributed by atoms with Gasteiger partial charge in [0.2, 0.25) is 10.0 Å². The van der Waals surface area contributed by atoms with Crippen molar-refractivity contribution in [3.63, 3.8) is 0 Å². The minimum absolute atomic E-state index is 0.0107. The van der Waals surface area contributed by atoms with Crippen molar-refractivity contribution in [2.75, 3.05) is 44.7 Å². The molecule has 2 fully saturated rings. The number of nitrogens with zero attached hydrogens (tertiary/aromatic N) is 2. The number of rotatable bonds is 15. The topological polar surface area (TPSA) is 147 Å². The summed E-state index contributed by atoms with van der Waals surface area (Å²) in [6.45, 7) is 9.92. The summed E-state index contributed by atoms with van der Waals surface area (Å²) in [5.41, 5.74) is 2.31. The predicted octanol–water partition coefficient (Wildman–Crippen LogP) is 3.82. The van der Waals surface area contributed by atoms with Gasteiger partial charge in [0.05, 0.1) is 41.7 Å². The number of alkyl carbamates (subject to hydrolysis) is 1. The van der Waals surface area contributed by atoms with Crippen LogP contribution in [0.3, 0.4) is 0 Å². The Balaban J connectivity index is 1.38. The Morgan fingerprint density at radius 3 is 2.62 bits per heavy atom. The summed E-state index contributed by atoms with van der Waals surface area (Å²) in [5, 5.41) is 17.3. The maximum Gasteiger partial charge on any atom is 0.407 e. The fourth-order valence-electron chi connectivity index (χ4n) is 6.42. The minimum atomic E-state index is -4.14. The Morgan fingerprint density at radius 2 is 1.92 bits per heavy atom. The van der Waals surface area contributed by atoms with Crippen LogP contribution in [0.4, 0.5) is 10.5 Å². The van der Waals surface area contributed by atoms with Crippen LogP contribution in [0.5, 0.6) is 0 Å². The molecule has 5 atom stereocenters. The first-order valence-corrected chi connectivity index (χ1v) is 18.3. The van der Waals surface area contributed by atoms with E-state index < -0.39 is 34.4 Å². The second-order valence-corrected chi connectivity index (χ2v) is 15.0. The third kappa shape index (κ3) is 8.38. The molecule has 3 N–H and O–H groups in total. The molecule has 3 aliphatic heterocycles. The van der Waals surface area contributed by atoms with E-state index in [0.29, 0.717) is 30.0 Å². The van der Waals surface area contributed by atoms with Gasteiger partial charge in [0.25, 0.3) is 5.91 Å². The van der Waals surface area contributed by atoms with Crippen molar-refractivity contribution in [1.29, 1.82) is 0 Å². The van der Waals surface area contributed by atoms with E-state index in [1.165, 1.54) is 16.4 Å². The van der Waals surface area contributed by atoms with Crippen molar-refractivity contribution in [1.82, 2.24) is 14.5 Å². The lowest BCUT2D eigenvalue weighted by atomic mass is 10.0. The van der Waals surface area contributed by atoms with Gasteiger partial charge in [0, 0.05) is 43.6 Å². The third-order valence-electron chi connectivity index (χ3n) is 8.91. The molecule has 0 spiro atoms. The van der Waals surface area contributed by atoms with Crippen LogP contribution in [0.2, 0.25) is 0 Å². The second kappa shape index (κ2) is 15.8. The van der Waals surface area contributed by atoms with Crippen LogP contribution in [0, 0.1) is 11.8 Å². The van der Waals surface area contributed by atoms with Crippen molar-refractivity contribution < 1.29 is 37.3 Å². The fraction of sp³-hybridized carbons (Fsp3) is 0.543. The predicted molar refractivity (Wildman–Crippen MR) is 181 cm³/mol. The Morgan fingerprint density at radius 1 is 1.15 bits per heavy atom. The van der Waals surface area contributed by atoms with Gasteiger partial charge in [0.1, 0.15) is 6.10 Å². The summed E-state index contributed by atoms with van der Waals surface area (Å²) in [6.07, 6.45) is 0.794. The second-order valence-electron chi connectivity index (χ2n) is 13.0. The molecule has 13 heteroatoms. The summed E-state index contributed by atoms with van der Waals surface area (Å²) in [4.78, 5) is 28.1. The van der Waals surface area contributed by atoms with E-state index in [2.05, 4.69) is 17.6 Å². The van der Waals surface area contributed by atoms with Gasteiger partial charge in [-0.1, -0.05) is 51.1 Å².